The quantitative estimate of drug-likeness (QED) is 0.106. The summed E-state index contributed by atoms with van der Waals surface area (Å²) in [6.45, 7) is 2.51. The summed E-state index contributed by atoms with van der Waals surface area (Å²) < 4.78 is 0. The molecule has 6 aliphatic rings. The Bertz CT molecular complexity index is 2560. The van der Waals surface area contributed by atoms with Crippen LogP contribution in [0, 0.1) is 23.7 Å². The predicted octanol–water partition coefficient (Wildman–Crippen LogP) is -3.18. The molecule has 0 spiro atoms. The van der Waals surface area contributed by atoms with E-state index < -0.39 is 162 Å². The number of carbonyl (C=O) groups is 6. The first-order valence-electron chi connectivity index (χ1n) is 20.2. The Labute approximate surface area is 409 Å². The third-order valence-corrected chi connectivity index (χ3v) is 14.1. The Hall–Kier alpha value is -5.24. The predicted molar refractivity (Wildman–Crippen MR) is 229 cm³/mol. The zero-order chi connectivity index (χ0) is 49.6. The van der Waals surface area contributed by atoms with E-state index in [1.54, 1.807) is 0 Å². The van der Waals surface area contributed by atoms with Crippen molar-refractivity contribution in [2.75, 3.05) is 28.2 Å². The topological polar surface area (TPSA) is 404 Å². The molecule has 12 atom stereocenters. The molecule has 2 fully saturated rings. The van der Waals surface area contributed by atoms with E-state index in [2.05, 4.69) is 0 Å². The first-order valence-corrected chi connectivity index (χ1v) is 20.2. The van der Waals surface area contributed by atoms with Crippen molar-refractivity contribution < 1.29 is 90.0 Å². The molecule has 0 bridgehead atoms. The summed E-state index contributed by atoms with van der Waals surface area (Å²) in [7, 11) is 5.60. The van der Waals surface area contributed by atoms with Gasteiger partial charge in [0.25, 0.3) is 11.8 Å². The standard InChI is InChI=1S/2C22H24N2O9.Ca/c2*1-21(32)7-5-4-6-8(25)9(7)15(26)10-12(21)17(28)13-14(24(2)3)16(27)11(20(23)31)19(30)22(13,33)18(10)29;/h2*4-6,12-14,17,25-26,28,30,32-33H,1-3H3,(H2,23,31);/t2*12-,13-,14+,17+,21-,22+;/m11./s1. The number of aliphatic hydroxyl groups excluding tert-OH is 6. The molecule has 0 heterocycles. The van der Waals surface area contributed by atoms with Crippen molar-refractivity contribution in [3.63, 3.8) is 0 Å². The summed E-state index contributed by atoms with van der Waals surface area (Å²) in [5.41, 5.74) is -3.55. The van der Waals surface area contributed by atoms with Gasteiger partial charge in [0, 0.05) is 37.7 Å². The van der Waals surface area contributed by atoms with Gasteiger partial charge in [0.2, 0.25) is 11.6 Å². The van der Waals surface area contributed by atoms with Crippen molar-refractivity contribution in [1.29, 1.82) is 0 Å². The molecule has 8 rings (SSSR count). The summed E-state index contributed by atoms with van der Waals surface area (Å²) in [5.74, 6) is -19.3. The molecular formula is C44H48CaN4O18. The van der Waals surface area contributed by atoms with E-state index in [9.17, 15) is 90.0 Å². The molecule has 6 aliphatic carbocycles. The maximum Gasteiger partial charge on any atom is 0.255 e. The molecule has 0 saturated heterocycles. The molecule has 0 unspecified atom stereocenters. The number of benzene rings is 2. The number of ketones is 4. The maximum atomic E-state index is 13.7. The van der Waals surface area contributed by atoms with Gasteiger partial charge in [0.05, 0.1) is 81.4 Å². The Morgan fingerprint density at radius 3 is 1.13 bits per heavy atom. The number of fused-ring (bicyclic) bond motifs is 6. The summed E-state index contributed by atoms with van der Waals surface area (Å²) in [4.78, 5) is 79.9. The summed E-state index contributed by atoms with van der Waals surface area (Å²) in [6.07, 6.45) is -3.74. The first-order chi connectivity index (χ1) is 30.4. The first kappa shape index (κ1) is 51.2. The molecule has 2 aromatic carbocycles. The summed E-state index contributed by atoms with van der Waals surface area (Å²) >= 11 is 0. The number of phenols is 2. The van der Waals surface area contributed by atoms with E-state index in [0.717, 1.165) is 0 Å². The minimum absolute atomic E-state index is 0. The molecule has 22 nitrogen and oxygen atoms in total. The molecule has 2 amide bonds. The number of hydrogen-bond donors (Lipinski definition) is 14. The van der Waals surface area contributed by atoms with Crippen LogP contribution in [-0.4, -0.2) is 207 Å². The van der Waals surface area contributed by atoms with Crippen LogP contribution < -0.4 is 11.5 Å². The fourth-order valence-corrected chi connectivity index (χ4v) is 11.2. The molecule has 354 valence electrons. The van der Waals surface area contributed by atoms with Crippen LogP contribution in [0.25, 0.3) is 11.5 Å². The van der Waals surface area contributed by atoms with Gasteiger partial charge in [-0.2, -0.15) is 0 Å². The second-order valence-corrected chi connectivity index (χ2v) is 18.1. The fourth-order valence-electron chi connectivity index (χ4n) is 11.2. The minimum atomic E-state index is -3.02. The Morgan fingerprint density at radius 2 is 0.866 bits per heavy atom. The van der Waals surface area contributed by atoms with Crippen LogP contribution in [0.4, 0.5) is 0 Å². The zero-order valence-electron chi connectivity index (χ0n) is 36.7. The number of hydrogen-bond acceptors (Lipinski definition) is 20. The van der Waals surface area contributed by atoms with Crippen LogP contribution in [0.15, 0.2) is 70.2 Å². The van der Waals surface area contributed by atoms with Gasteiger partial charge in [-0.25, -0.2) is 0 Å². The van der Waals surface area contributed by atoms with Crippen molar-refractivity contribution in [2.24, 2.45) is 35.1 Å². The second-order valence-electron chi connectivity index (χ2n) is 18.1. The van der Waals surface area contributed by atoms with Crippen molar-refractivity contribution in [1.82, 2.24) is 9.80 Å². The minimum Gasteiger partial charge on any atom is -0.508 e. The number of phenolic OH excluding ortho intramolecular Hbond substituents is 2. The van der Waals surface area contributed by atoms with Crippen LogP contribution in [0.1, 0.15) is 36.1 Å². The van der Waals surface area contributed by atoms with Gasteiger partial charge in [-0.05, 0) is 65.3 Å². The SMILES string of the molecule is CN(C)[C@@H]1C(=O)C(C(N)=O)=C(O)[C@@]2(O)C(=O)C3=C(O)c4c(O)cccc4[C@@](C)(O)[C@H]3[C@H](O)[C@@H]12.CN(C)[C@@H]1C(=O)C(C(N)=O)=C(O)[C@@]2(O)C(=O)C3=C(O)c4c(O)cccc4[C@@](C)(O)[C@H]3[C@H](O)[C@@H]12.[Ca]. The van der Waals surface area contributed by atoms with E-state index in [0.29, 0.717) is 0 Å². The maximum absolute atomic E-state index is 13.7. The monoisotopic (exact) mass is 960 g/mol. The Kier molecular flexibility index (Phi) is 12.6. The van der Waals surface area contributed by atoms with E-state index in [1.165, 1.54) is 88.2 Å². The van der Waals surface area contributed by atoms with Crippen LogP contribution in [0.3, 0.4) is 0 Å². The number of nitrogens with zero attached hydrogens (tertiary/aromatic N) is 2. The molecular weight excluding hydrogens is 913 g/mol. The van der Waals surface area contributed by atoms with E-state index in [4.69, 9.17) is 11.5 Å². The number of aromatic hydroxyl groups is 2. The molecule has 67 heavy (non-hydrogen) atoms. The number of likely N-dealkylation sites (N-methyl/N-ethyl adjacent to an activating group) is 2. The third kappa shape index (κ3) is 6.57. The molecule has 2 aromatic rings. The summed E-state index contributed by atoms with van der Waals surface area (Å²) in [5, 5.41) is 133. The van der Waals surface area contributed by atoms with Crippen LogP contribution in [-0.2, 0) is 40.0 Å². The van der Waals surface area contributed by atoms with Crippen molar-refractivity contribution in [3.05, 3.63) is 92.5 Å². The van der Waals surface area contributed by atoms with Crippen LogP contribution in [0.2, 0.25) is 0 Å². The number of carbonyl (C=O) groups excluding carboxylic acids is 6. The smallest absolute Gasteiger partial charge is 0.255 e. The Morgan fingerprint density at radius 1 is 0.567 bits per heavy atom. The molecule has 0 aromatic heterocycles. The summed E-state index contributed by atoms with van der Waals surface area (Å²) in [6, 6.07) is 5.00. The number of amides is 2. The van der Waals surface area contributed by atoms with Crippen LogP contribution in [0.5, 0.6) is 11.5 Å². The Balaban J connectivity index is 0.000000218. The van der Waals surface area contributed by atoms with Gasteiger partial charge in [-0.3, -0.25) is 38.6 Å². The average molecular weight is 961 g/mol. The van der Waals surface area contributed by atoms with Gasteiger partial charge in [-0.15, -0.1) is 0 Å². The van der Waals surface area contributed by atoms with Gasteiger partial charge in [0.1, 0.15) is 45.7 Å². The zero-order valence-corrected chi connectivity index (χ0v) is 38.9. The van der Waals surface area contributed by atoms with Crippen molar-refractivity contribution in [3.8, 4) is 11.5 Å². The van der Waals surface area contributed by atoms with E-state index >= 15 is 0 Å². The molecule has 0 aliphatic heterocycles. The molecule has 2 radical (unpaired) electrons. The normalized spacial score (nSPS) is 35.4. The average Bonchev–Trinajstić information content (AvgIpc) is 3.20. The van der Waals surface area contributed by atoms with Gasteiger partial charge in [0.15, 0.2) is 22.8 Å². The molecule has 2 saturated carbocycles. The molecule has 23 heteroatoms. The van der Waals surface area contributed by atoms with Crippen molar-refractivity contribution >= 4 is 84.2 Å². The van der Waals surface area contributed by atoms with Crippen LogP contribution >= 0.6 is 0 Å². The number of nitrogens with two attached hydrogens (primary N) is 2. The number of primary amides is 2. The number of Topliss-reactive ketones (excluding diaryl/α,β-unsaturated/α-hetero) is 4. The van der Waals surface area contributed by atoms with E-state index in [-0.39, 0.29) is 60.0 Å². The third-order valence-electron chi connectivity index (χ3n) is 14.1. The van der Waals surface area contributed by atoms with E-state index in [1.807, 2.05) is 0 Å². The second kappa shape index (κ2) is 16.5. The van der Waals surface area contributed by atoms with Gasteiger partial charge in [-0.1, -0.05) is 24.3 Å². The molecule has 16 N–H and O–H groups in total. The van der Waals surface area contributed by atoms with Crippen molar-refractivity contribution in [2.45, 2.75) is 60.5 Å². The number of rotatable bonds is 4. The fraction of sp³-hybridized carbons (Fsp3) is 0.409. The van der Waals surface area contributed by atoms with Gasteiger partial charge < -0.3 is 72.7 Å². The number of aliphatic hydroxyl groups is 10. The largest absolute Gasteiger partial charge is 0.508 e. The van der Waals surface area contributed by atoms with Gasteiger partial charge >= 0.3 is 0 Å².